The molecule has 3 rings (SSSR count). The van der Waals surface area contributed by atoms with Crippen LogP contribution in [0.25, 0.3) is 0 Å². The Labute approximate surface area is 129 Å². The van der Waals surface area contributed by atoms with Crippen molar-refractivity contribution in [2.24, 2.45) is 11.1 Å². The van der Waals surface area contributed by atoms with E-state index in [1.807, 2.05) is 0 Å². The van der Waals surface area contributed by atoms with E-state index in [0.717, 1.165) is 0 Å². The summed E-state index contributed by atoms with van der Waals surface area (Å²) >= 11 is 0. The van der Waals surface area contributed by atoms with Gasteiger partial charge in [0.1, 0.15) is 0 Å². The first-order valence-electron chi connectivity index (χ1n) is 8.66. The zero-order chi connectivity index (χ0) is 14.9. The topological polar surface area (TPSA) is 29.3 Å². The van der Waals surface area contributed by atoms with Crippen molar-refractivity contribution >= 4 is 0 Å². The molecule has 0 bridgehead atoms. The Bertz CT molecular complexity index is 449. The van der Waals surface area contributed by atoms with Crippen molar-refractivity contribution < 1.29 is 0 Å². The zero-order valence-electron chi connectivity index (χ0n) is 13.6. The van der Waals surface area contributed by atoms with Crippen LogP contribution in [0.15, 0.2) is 24.3 Å². The summed E-state index contributed by atoms with van der Waals surface area (Å²) < 4.78 is 0. The molecule has 1 aromatic rings. The Morgan fingerprint density at radius 2 is 1.57 bits per heavy atom. The van der Waals surface area contributed by atoms with Crippen LogP contribution in [0, 0.1) is 12.3 Å². The fourth-order valence-corrected chi connectivity index (χ4v) is 4.32. The molecule has 1 aromatic carbocycles. The van der Waals surface area contributed by atoms with Gasteiger partial charge in [-0.1, -0.05) is 42.7 Å². The molecule has 1 spiro atoms. The van der Waals surface area contributed by atoms with Gasteiger partial charge in [0, 0.05) is 12.1 Å². The van der Waals surface area contributed by atoms with Gasteiger partial charge in [0.2, 0.25) is 0 Å². The average Bonchev–Trinajstić information content (AvgIpc) is 2.96. The first-order chi connectivity index (χ1) is 10.1. The molecule has 21 heavy (non-hydrogen) atoms. The molecule has 0 aromatic heterocycles. The van der Waals surface area contributed by atoms with Crippen LogP contribution in [-0.4, -0.2) is 24.0 Å². The summed E-state index contributed by atoms with van der Waals surface area (Å²) in [5, 5.41) is 0. The quantitative estimate of drug-likeness (QED) is 0.908. The maximum absolute atomic E-state index is 6.52. The molecule has 0 amide bonds. The Balaban J connectivity index is 1.60. The molecule has 2 nitrogen and oxygen atoms in total. The third-order valence-corrected chi connectivity index (χ3v) is 6.08. The zero-order valence-corrected chi connectivity index (χ0v) is 13.6. The van der Waals surface area contributed by atoms with Crippen molar-refractivity contribution in [2.75, 3.05) is 13.1 Å². The molecule has 2 atom stereocenters. The minimum atomic E-state index is 0.128. The second-order valence-corrected chi connectivity index (χ2v) is 7.42. The second-order valence-electron chi connectivity index (χ2n) is 7.42. The number of likely N-dealkylation sites (tertiary alicyclic amines) is 1. The smallest absolute Gasteiger partial charge is 0.0450 e. The van der Waals surface area contributed by atoms with Gasteiger partial charge >= 0.3 is 0 Å². The lowest BCUT2D eigenvalue weighted by molar-refractivity contribution is 0.0725. The van der Waals surface area contributed by atoms with Gasteiger partial charge in [0.05, 0.1) is 0 Å². The van der Waals surface area contributed by atoms with Crippen LogP contribution in [0.3, 0.4) is 0 Å². The predicted octanol–water partition coefficient (Wildman–Crippen LogP) is 4.04. The highest BCUT2D eigenvalue weighted by Crippen LogP contribution is 2.46. The third-order valence-electron chi connectivity index (χ3n) is 6.08. The van der Waals surface area contributed by atoms with Crippen molar-refractivity contribution in [1.82, 2.24) is 4.90 Å². The summed E-state index contributed by atoms with van der Waals surface area (Å²) in [6.45, 7) is 6.91. The minimum absolute atomic E-state index is 0.128. The summed E-state index contributed by atoms with van der Waals surface area (Å²) in [5.74, 6) is 0. The molecule has 1 aliphatic carbocycles. The first-order valence-corrected chi connectivity index (χ1v) is 8.66. The van der Waals surface area contributed by atoms with E-state index in [0.29, 0.717) is 11.5 Å². The lowest BCUT2D eigenvalue weighted by Crippen LogP contribution is -2.47. The van der Waals surface area contributed by atoms with Gasteiger partial charge < -0.3 is 5.73 Å². The molecular formula is C19H30N2. The van der Waals surface area contributed by atoms with E-state index in [4.69, 9.17) is 5.73 Å². The lowest BCUT2D eigenvalue weighted by atomic mass is 9.76. The molecule has 1 heterocycles. The van der Waals surface area contributed by atoms with E-state index in [1.54, 1.807) is 0 Å². The number of piperidine rings is 1. The summed E-state index contributed by atoms with van der Waals surface area (Å²) in [6, 6.07) is 9.30. The Kier molecular flexibility index (Phi) is 4.37. The molecule has 2 heteroatoms. The van der Waals surface area contributed by atoms with Crippen LogP contribution in [0.4, 0.5) is 0 Å². The molecular weight excluding hydrogens is 256 g/mol. The standard InChI is InChI=1S/C19H30N2/c1-15-5-7-17(8-6-15)18(20)16(2)21-13-11-19(12-14-21)9-3-4-10-19/h5-8,16,18H,3-4,9-14,20H2,1-2H3. The van der Waals surface area contributed by atoms with Gasteiger partial charge in [0.15, 0.2) is 0 Å². The SMILES string of the molecule is Cc1ccc(C(N)C(C)N2CCC3(CCCC3)CC2)cc1. The fourth-order valence-electron chi connectivity index (χ4n) is 4.32. The van der Waals surface area contributed by atoms with E-state index in [1.165, 1.54) is 62.7 Å². The fraction of sp³-hybridized carbons (Fsp3) is 0.684. The third kappa shape index (κ3) is 3.17. The molecule has 0 radical (unpaired) electrons. The van der Waals surface area contributed by atoms with Gasteiger partial charge in [-0.05, 0) is 63.6 Å². The second kappa shape index (κ2) is 6.10. The van der Waals surface area contributed by atoms with E-state index < -0.39 is 0 Å². The summed E-state index contributed by atoms with van der Waals surface area (Å²) in [6.07, 6.45) is 8.63. The van der Waals surface area contributed by atoms with E-state index in [9.17, 15) is 0 Å². The maximum Gasteiger partial charge on any atom is 0.0450 e. The van der Waals surface area contributed by atoms with Crippen LogP contribution < -0.4 is 5.73 Å². The number of nitrogens with two attached hydrogens (primary N) is 1. The highest BCUT2D eigenvalue weighted by atomic mass is 15.2. The number of benzene rings is 1. The van der Waals surface area contributed by atoms with E-state index >= 15 is 0 Å². The highest BCUT2D eigenvalue weighted by Gasteiger charge is 2.38. The first kappa shape index (κ1) is 15.1. The minimum Gasteiger partial charge on any atom is -0.323 e. The molecule has 116 valence electrons. The normalized spacial score (nSPS) is 25.1. The molecule has 2 N–H and O–H groups in total. The van der Waals surface area contributed by atoms with Crippen molar-refractivity contribution in [3.8, 4) is 0 Å². The van der Waals surface area contributed by atoms with Gasteiger partial charge in [-0.3, -0.25) is 4.90 Å². The Morgan fingerprint density at radius 3 is 2.14 bits per heavy atom. The van der Waals surface area contributed by atoms with Crippen molar-refractivity contribution in [2.45, 2.75) is 64.5 Å². The summed E-state index contributed by atoms with van der Waals surface area (Å²) in [4.78, 5) is 2.62. The van der Waals surface area contributed by atoms with E-state index in [2.05, 4.69) is 43.0 Å². The van der Waals surface area contributed by atoms with Crippen molar-refractivity contribution in [3.63, 3.8) is 0 Å². The number of hydrogen-bond donors (Lipinski definition) is 1. The van der Waals surface area contributed by atoms with Gasteiger partial charge in [-0.2, -0.15) is 0 Å². The van der Waals surface area contributed by atoms with Gasteiger partial charge in [-0.25, -0.2) is 0 Å². The van der Waals surface area contributed by atoms with Gasteiger partial charge in [-0.15, -0.1) is 0 Å². The molecule has 2 fully saturated rings. The largest absolute Gasteiger partial charge is 0.323 e. The predicted molar refractivity (Wildman–Crippen MR) is 89.3 cm³/mol. The monoisotopic (exact) mass is 286 g/mol. The lowest BCUT2D eigenvalue weighted by Gasteiger charge is -2.43. The summed E-state index contributed by atoms with van der Waals surface area (Å²) in [7, 11) is 0. The van der Waals surface area contributed by atoms with Crippen LogP contribution in [0.5, 0.6) is 0 Å². The van der Waals surface area contributed by atoms with Crippen LogP contribution >= 0.6 is 0 Å². The molecule has 2 unspecified atom stereocenters. The van der Waals surface area contributed by atoms with Gasteiger partial charge in [0.25, 0.3) is 0 Å². The molecule has 1 saturated heterocycles. The number of hydrogen-bond acceptors (Lipinski definition) is 2. The summed E-state index contributed by atoms with van der Waals surface area (Å²) in [5.41, 5.74) is 9.80. The Hall–Kier alpha value is -0.860. The van der Waals surface area contributed by atoms with E-state index in [-0.39, 0.29) is 6.04 Å². The van der Waals surface area contributed by atoms with Crippen LogP contribution in [0.2, 0.25) is 0 Å². The van der Waals surface area contributed by atoms with Crippen LogP contribution in [0.1, 0.15) is 62.6 Å². The maximum atomic E-state index is 6.52. The Morgan fingerprint density at radius 1 is 1.00 bits per heavy atom. The van der Waals surface area contributed by atoms with Crippen LogP contribution in [-0.2, 0) is 0 Å². The van der Waals surface area contributed by atoms with Crippen molar-refractivity contribution in [3.05, 3.63) is 35.4 Å². The number of rotatable bonds is 3. The molecule has 1 aliphatic heterocycles. The number of nitrogens with zero attached hydrogens (tertiary/aromatic N) is 1. The number of aryl methyl sites for hydroxylation is 1. The molecule has 1 saturated carbocycles. The highest BCUT2D eigenvalue weighted by molar-refractivity contribution is 5.24. The average molecular weight is 286 g/mol. The van der Waals surface area contributed by atoms with Crippen molar-refractivity contribution in [1.29, 1.82) is 0 Å². The molecule has 2 aliphatic rings.